The van der Waals surface area contributed by atoms with E-state index < -0.39 is 21.8 Å². The molecule has 31 heavy (non-hydrogen) atoms. The van der Waals surface area contributed by atoms with Crippen molar-refractivity contribution < 1.29 is 21.6 Å². The molecule has 2 heterocycles. The van der Waals surface area contributed by atoms with Crippen LogP contribution in [0.5, 0.6) is 0 Å². The van der Waals surface area contributed by atoms with Crippen molar-refractivity contribution in [1.82, 2.24) is 9.97 Å². The highest BCUT2D eigenvalue weighted by Crippen LogP contribution is 2.34. The summed E-state index contributed by atoms with van der Waals surface area (Å²) in [5.74, 6) is 0.475. The highest BCUT2D eigenvalue weighted by Gasteiger charge is 2.30. The van der Waals surface area contributed by atoms with Crippen LogP contribution in [0.15, 0.2) is 66.9 Å². The van der Waals surface area contributed by atoms with E-state index in [0.29, 0.717) is 39.4 Å². The zero-order valence-electron chi connectivity index (χ0n) is 16.2. The van der Waals surface area contributed by atoms with E-state index in [4.69, 9.17) is 0 Å². The number of sulfonamides is 1. The lowest BCUT2D eigenvalue weighted by molar-refractivity contribution is -0.137. The van der Waals surface area contributed by atoms with Gasteiger partial charge in [0.25, 0.3) is 0 Å². The van der Waals surface area contributed by atoms with E-state index >= 15 is 0 Å². The first kappa shape index (κ1) is 20.7. The van der Waals surface area contributed by atoms with Crippen molar-refractivity contribution in [3.05, 3.63) is 72.4 Å². The number of nitrogens with zero attached hydrogens (tertiary/aromatic N) is 1. The molecule has 3 N–H and O–H groups in total. The number of H-pyrrole nitrogens is 1. The topological polar surface area (TPSA) is 86.9 Å². The summed E-state index contributed by atoms with van der Waals surface area (Å²) in [6, 6.07) is 15.2. The molecule has 0 bridgehead atoms. The molecule has 0 saturated carbocycles. The maximum absolute atomic E-state index is 13.1. The molecule has 0 amide bonds. The van der Waals surface area contributed by atoms with Crippen LogP contribution in [0.2, 0.25) is 0 Å². The number of hydrogen-bond donors (Lipinski definition) is 3. The Morgan fingerprint density at radius 2 is 1.71 bits per heavy atom. The Balaban J connectivity index is 1.69. The molecular weight excluding hydrogens is 429 g/mol. The minimum absolute atomic E-state index is 0.387. The lowest BCUT2D eigenvalue weighted by Gasteiger charge is -2.09. The van der Waals surface area contributed by atoms with Crippen LogP contribution in [0.1, 0.15) is 5.56 Å². The van der Waals surface area contributed by atoms with Gasteiger partial charge in [-0.1, -0.05) is 18.2 Å². The fraction of sp³-hybridized carbons (Fsp3) is 0.0952. The number of halogens is 3. The Kier molecular flexibility index (Phi) is 5.10. The predicted molar refractivity (Wildman–Crippen MR) is 115 cm³/mol. The average molecular weight is 446 g/mol. The van der Waals surface area contributed by atoms with Gasteiger partial charge in [0.2, 0.25) is 10.0 Å². The normalized spacial score (nSPS) is 12.1. The minimum Gasteiger partial charge on any atom is -0.354 e. The number of fused-ring (bicyclic) bond motifs is 1. The molecule has 0 radical (unpaired) electrons. The summed E-state index contributed by atoms with van der Waals surface area (Å²) in [5.41, 5.74) is 1.86. The lowest BCUT2D eigenvalue weighted by Crippen LogP contribution is -2.09. The van der Waals surface area contributed by atoms with E-state index in [1.54, 1.807) is 48.7 Å². The van der Waals surface area contributed by atoms with Gasteiger partial charge in [-0.05, 0) is 48.0 Å². The van der Waals surface area contributed by atoms with Crippen molar-refractivity contribution in [2.45, 2.75) is 6.18 Å². The third-order valence-corrected chi connectivity index (χ3v) is 5.08. The zero-order valence-corrected chi connectivity index (χ0v) is 17.0. The van der Waals surface area contributed by atoms with E-state index in [-0.39, 0.29) is 0 Å². The van der Waals surface area contributed by atoms with Gasteiger partial charge in [-0.25, -0.2) is 13.4 Å². The SMILES string of the molecule is CS(=O)(=O)Nc1cccc(Nc2nccc3[nH]c(-c4cccc(C(F)(F)F)c4)cc23)c1. The second-order valence-corrected chi connectivity index (χ2v) is 8.71. The van der Waals surface area contributed by atoms with E-state index in [0.717, 1.165) is 18.4 Å². The molecule has 10 heteroatoms. The summed E-state index contributed by atoms with van der Waals surface area (Å²) in [5, 5.41) is 3.80. The number of nitrogens with one attached hydrogen (secondary N) is 3. The molecule has 0 spiro atoms. The van der Waals surface area contributed by atoms with Gasteiger partial charge in [0.05, 0.1) is 23.0 Å². The largest absolute Gasteiger partial charge is 0.416 e. The molecule has 6 nitrogen and oxygen atoms in total. The molecule has 4 aromatic rings. The van der Waals surface area contributed by atoms with Crippen LogP contribution in [0.25, 0.3) is 22.2 Å². The van der Waals surface area contributed by atoms with Crippen molar-refractivity contribution in [2.75, 3.05) is 16.3 Å². The Bertz CT molecular complexity index is 1360. The Hall–Kier alpha value is -3.53. The molecule has 0 atom stereocenters. The molecule has 0 saturated heterocycles. The van der Waals surface area contributed by atoms with Crippen molar-refractivity contribution >= 4 is 38.1 Å². The Morgan fingerprint density at radius 3 is 2.45 bits per heavy atom. The van der Waals surface area contributed by atoms with Gasteiger partial charge in [0.1, 0.15) is 5.82 Å². The monoisotopic (exact) mass is 446 g/mol. The van der Waals surface area contributed by atoms with Gasteiger partial charge < -0.3 is 10.3 Å². The number of aromatic nitrogens is 2. The van der Waals surface area contributed by atoms with Gasteiger partial charge in [-0.15, -0.1) is 0 Å². The van der Waals surface area contributed by atoms with Crippen LogP contribution in [-0.4, -0.2) is 24.6 Å². The maximum Gasteiger partial charge on any atom is 0.416 e. The van der Waals surface area contributed by atoms with Crippen molar-refractivity contribution in [3.63, 3.8) is 0 Å². The first-order chi connectivity index (χ1) is 14.6. The molecule has 2 aromatic heterocycles. The molecule has 0 aliphatic rings. The fourth-order valence-electron chi connectivity index (χ4n) is 3.18. The standard InChI is InChI=1S/C21H17F3N4O2S/c1-31(29,30)28-16-7-3-6-15(11-16)26-20-17-12-19(27-18(17)8-9-25-20)13-4-2-5-14(10-13)21(22,23)24/h2-12,27-28H,1H3,(H,25,26). The van der Waals surface area contributed by atoms with Gasteiger partial charge in [0.15, 0.2) is 0 Å². The van der Waals surface area contributed by atoms with Crippen molar-refractivity contribution in [2.24, 2.45) is 0 Å². The fourth-order valence-corrected chi connectivity index (χ4v) is 3.74. The number of anilines is 3. The van der Waals surface area contributed by atoms with Gasteiger partial charge in [-0.2, -0.15) is 13.2 Å². The first-order valence-electron chi connectivity index (χ1n) is 9.09. The van der Waals surface area contributed by atoms with Crippen LogP contribution in [0.3, 0.4) is 0 Å². The highest BCUT2D eigenvalue weighted by molar-refractivity contribution is 7.92. The van der Waals surface area contributed by atoms with Gasteiger partial charge in [0, 0.05) is 23.0 Å². The molecular formula is C21H17F3N4O2S. The highest BCUT2D eigenvalue weighted by atomic mass is 32.2. The van der Waals surface area contributed by atoms with Crippen LogP contribution in [0.4, 0.5) is 30.4 Å². The molecule has 0 aliphatic carbocycles. The van der Waals surface area contributed by atoms with E-state index in [9.17, 15) is 21.6 Å². The zero-order chi connectivity index (χ0) is 22.2. The molecule has 0 aliphatic heterocycles. The van der Waals surface area contributed by atoms with Crippen LogP contribution in [-0.2, 0) is 16.2 Å². The molecule has 4 rings (SSSR count). The van der Waals surface area contributed by atoms with E-state index in [2.05, 4.69) is 20.0 Å². The predicted octanol–water partition coefficient (Wildman–Crippen LogP) is 5.36. The van der Waals surface area contributed by atoms with Gasteiger partial charge in [-0.3, -0.25) is 4.72 Å². The summed E-state index contributed by atoms with van der Waals surface area (Å²) in [4.78, 5) is 7.44. The third kappa shape index (κ3) is 4.80. The number of rotatable bonds is 5. The molecule has 160 valence electrons. The Morgan fingerprint density at radius 1 is 0.968 bits per heavy atom. The summed E-state index contributed by atoms with van der Waals surface area (Å²) in [6.45, 7) is 0. The van der Waals surface area contributed by atoms with Crippen LogP contribution >= 0.6 is 0 Å². The third-order valence-electron chi connectivity index (χ3n) is 4.48. The average Bonchev–Trinajstić information content (AvgIpc) is 3.12. The smallest absolute Gasteiger partial charge is 0.354 e. The lowest BCUT2D eigenvalue weighted by atomic mass is 10.1. The summed E-state index contributed by atoms with van der Waals surface area (Å²) in [6.07, 6.45) is -1.80. The number of pyridine rings is 1. The van der Waals surface area contributed by atoms with Crippen LogP contribution in [0, 0.1) is 0 Å². The second-order valence-electron chi connectivity index (χ2n) is 6.96. The Labute approximate surface area is 176 Å². The molecule has 0 unspecified atom stereocenters. The number of aromatic amines is 1. The number of benzene rings is 2. The first-order valence-corrected chi connectivity index (χ1v) is 11.0. The maximum atomic E-state index is 13.1. The number of hydrogen-bond acceptors (Lipinski definition) is 4. The quantitative estimate of drug-likeness (QED) is 0.385. The molecule has 0 fully saturated rings. The van der Waals surface area contributed by atoms with Crippen LogP contribution < -0.4 is 10.0 Å². The van der Waals surface area contributed by atoms with Gasteiger partial charge >= 0.3 is 6.18 Å². The minimum atomic E-state index is -4.43. The summed E-state index contributed by atoms with van der Waals surface area (Å²) in [7, 11) is -3.42. The summed E-state index contributed by atoms with van der Waals surface area (Å²) < 4.78 is 64.5. The molecule has 2 aromatic carbocycles. The number of alkyl halides is 3. The van der Waals surface area contributed by atoms with Crippen molar-refractivity contribution in [1.29, 1.82) is 0 Å². The summed E-state index contributed by atoms with van der Waals surface area (Å²) >= 11 is 0. The van der Waals surface area contributed by atoms with Crippen molar-refractivity contribution in [3.8, 4) is 11.3 Å². The van der Waals surface area contributed by atoms with E-state index in [1.807, 2.05) is 0 Å². The second kappa shape index (κ2) is 7.62. The van der Waals surface area contributed by atoms with E-state index in [1.165, 1.54) is 6.07 Å².